The molecule has 1 atom stereocenters. The molecule has 1 saturated heterocycles. The first-order chi connectivity index (χ1) is 12.3. The van der Waals surface area contributed by atoms with Gasteiger partial charge in [-0.15, -0.1) is 0 Å². The van der Waals surface area contributed by atoms with Gasteiger partial charge < -0.3 is 15.5 Å². The van der Waals surface area contributed by atoms with E-state index in [0.717, 1.165) is 31.8 Å². The van der Waals surface area contributed by atoms with Crippen molar-refractivity contribution in [2.24, 2.45) is 5.73 Å². The summed E-state index contributed by atoms with van der Waals surface area (Å²) in [4.78, 5) is 8.32. The van der Waals surface area contributed by atoms with Gasteiger partial charge in [0.15, 0.2) is 0 Å². The van der Waals surface area contributed by atoms with Crippen molar-refractivity contribution in [3.8, 4) is 0 Å². The number of nitrogens with zero attached hydrogens (tertiary/aromatic N) is 3. The second-order valence-electron chi connectivity index (χ2n) is 6.69. The third-order valence-electron chi connectivity index (χ3n) is 4.55. The van der Waals surface area contributed by atoms with E-state index in [0.29, 0.717) is 18.9 Å². The van der Waals surface area contributed by atoms with Crippen molar-refractivity contribution in [2.45, 2.75) is 25.6 Å². The molecular formula is C19H23F3N4. The molecule has 0 saturated carbocycles. The van der Waals surface area contributed by atoms with Gasteiger partial charge in [0.25, 0.3) is 0 Å². The zero-order valence-corrected chi connectivity index (χ0v) is 14.7. The Labute approximate surface area is 151 Å². The summed E-state index contributed by atoms with van der Waals surface area (Å²) in [6.07, 6.45) is -2.63. The molecule has 0 spiro atoms. The number of para-hydroxylation sites is 1. The highest BCUT2D eigenvalue weighted by molar-refractivity contribution is 5.55. The van der Waals surface area contributed by atoms with Crippen LogP contribution in [0, 0.1) is 0 Å². The third-order valence-corrected chi connectivity index (χ3v) is 4.55. The summed E-state index contributed by atoms with van der Waals surface area (Å²) in [7, 11) is 0. The summed E-state index contributed by atoms with van der Waals surface area (Å²) >= 11 is 0. The van der Waals surface area contributed by atoms with Crippen LogP contribution in [0.25, 0.3) is 0 Å². The second kappa shape index (κ2) is 7.53. The Kier molecular flexibility index (Phi) is 5.36. The van der Waals surface area contributed by atoms with Crippen molar-refractivity contribution < 1.29 is 13.2 Å². The van der Waals surface area contributed by atoms with Crippen LogP contribution >= 0.6 is 0 Å². The fourth-order valence-electron chi connectivity index (χ4n) is 3.26. The number of rotatable bonds is 4. The first-order valence-electron chi connectivity index (χ1n) is 8.71. The van der Waals surface area contributed by atoms with Crippen molar-refractivity contribution in [3.05, 3.63) is 53.7 Å². The Balaban J connectivity index is 1.66. The number of piperazine rings is 1. The Morgan fingerprint density at radius 1 is 1.04 bits per heavy atom. The normalized spacial score (nSPS) is 16.7. The molecule has 1 fully saturated rings. The van der Waals surface area contributed by atoms with Crippen LogP contribution in [-0.2, 0) is 12.6 Å². The van der Waals surface area contributed by atoms with Gasteiger partial charge in [-0.25, -0.2) is 4.98 Å². The van der Waals surface area contributed by atoms with Crippen LogP contribution in [0.5, 0.6) is 0 Å². The smallest absolute Gasteiger partial charge is 0.368 e. The molecule has 4 nitrogen and oxygen atoms in total. The lowest BCUT2D eigenvalue weighted by Crippen LogP contribution is -2.47. The first-order valence-corrected chi connectivity index (χ1v) is 8.71. The topological polar surface area (TPSA) is 45.4 Å². The molecule has 1 aromatic carbocycles. The molecule has 0 bridgehead atoms. The second-order valence-corrected chi connectivity index (χ2v) is 6.69. The van der Waals surface area contributed by atoms with Crippen LogP contribution < -0.4 is 15.5 Å². The van der Waals surface area contributed by atoms with Crippen LogP contribution in [0.3, 0.4) is 0 Å². The van der Waals surface area contributed by atoms with Gasteiger partial charge in [-0.1, -0.05) is 18.2 Å². The molecule has 1 aliphatic heterocycles. The molecule has 140 valence electrons. The molecular weight excluding hydrogens is 341 g/mol. The summed E-state index contributed by atoms with van der Waals surface area (Å²) in [6.45, 7) is 5.00. The SMILES string of the molecule is CC(N)Cc1ccccc1N1CCN(c2ccc(C(F)(F)F)cn2)CC1. The molecule has 0 radical (unpaired) electrons. The van der Waals surface area contributed by atoms with Crippen LogP contribution in [0.4, 0.5) is 24.7 Å². The zero-order chi connectivity index (χ0) is 18.7. The Hall–Kier alpha value is -2.28. The van der Waals surface area contributed by atoms with Gasteiger partial charge in [0.2, 0.25) is 0 Å². The number of halogens is 3. The summed E-state index contributed by atoms with van der Waals surface area (Å²) in [5.41, 5.74) is 7.64. The van der Waals surface area contributed by atoms with Crippen LogP contribution in [0.15, 0.2) is 42.6 Å². The van der Waals surface area contributed by atoms with Crippen LogP contribution in [-0.4, -0.2) is 37.2 Å². The molecule has 2 N–H and O–H groups in total. The fraction of sp³-hybridized carbons (Fsp3) is 0.421. The standard InChI is InChI=1S/C19H23F3N4/c1-14(23)12-15-4-2-3-5-17(15)25-8-10-26(11-9-25)18-7-6-16(13-24-18)19(20,21)22/h2-7,13-14H,8-12,23H2,1H3. The zero-order valence-electron chi connectivity index (χ0n) is 14.7. The molecule has 7 heteroatoms. The van der Waals surface area contributed by atoms with Gasteiger partial charge in [0.05, 0.1) is 5.56 Å². The average Bonchev–Trinajstić information content (AvgIpc) is 2.61. The number of hydrogen-bond acceptors (Lipinski definition) is 4. The number of hydrogen-bond donors (Lipinski definition) is 1. The number of benzene rings is 1. The van der Waals surface area contributed by atoms with Gasteiger partial charge in [0, 0.05) is 44.1 Å². The van der Waals surface area contributed by atoms with E-state index in [-0.39, 0.29) is 6.04 Å². The lowest BCUT2D eigenvalue weighted by molar-refractivity contribution is -0.137. The molecule has 26 heavy (non-hydrogen) atoms. The molecule has 1 aliphatic rings. The highest BCUT2D eigenvalue weighted by Crippen LogP contribution is 2.30. The number of aromatic nitrogens is 1. The maximum atomic E-state index is 12.7. The molecule has 0 aliphatic carbocycles. The van der Waals surface area contributed by atoms with E-state index in [1.54, 1.807) is 0 Å². The van der Waals surface area contributed by atoms with Gasteiger partial charge in [-0.2, -0.15) is 13.2 Å². The van der Waals surface area contributed by atoms with Crippen LogP contribution in [0.1, 0.15) is 18.1 Å². The maximum Gasteiger partial charge on any atom is 0.417 e. The van der Waals surface area contributed by atoms with Gasteiger partial charge in [0.1, 0.15) is 5.82 Å². The number of nitrogens with two attached hydrogens (primary N) is 1. The molecule has 1 unspecified atom stereocenters. The molecule has 2 heterocycles. The van der Waals surface area contributed by atoms with E-state index < -0.39 is 11.7 Å². The first kappa shape index (κ1) is 18.5. The minimum Gasteiger partial charge on any atom is -0.368 e. The van der Waals surface area contributed by atoms with E-state index in [1.165, 1.54) is 17.3 Å². The highest BCUT2D eigenvalue weighted by atomic mass is 19.4. The summed E-state index contributed by atoms with van der Waals surface area (Å²) in [5.74, 6) is 0.585. The van der Waals surface area contributed by atoms with Crippen molar-refractivity contribution >= 4 is 11.5 Å². The minimum absolute atomic E-state index is 0.0915. The van der Waals surface area contributed by atoms with E-state index in [4.69, 9.17) is 5.73 Å². The molecule has 3 rings (SSSR count). The Bertz CT molecular complexity index is 720. The van der Waals surface area contributed by atoms with Crippen molar-refractivity contribution in [3.63, 3.8) is 0 Å². The van der Waals surface area contributed by atoms with Gasteiger partial charge >= 0.3 is 6.18 Å². The molecule has 0 amide bonds. The lowest BCUT2D eigenvalue weighted by atomic mass is 10.0. The summed E-state index contributed by atoms with van der Waals surface area (Å²) < 4.78 is 38.0. The maximum absolute atomic E-state index is 12.7. The van der Waals surface area contributed by atoms with Gasteiger partial charge in [-0.3, -0.25) is 0 Å². The van der Waals surface area contributed by atoms with Crippen molar-refractivity contribution in [1.29, 1.82) is 0 Å². The summed E-state index contributed by atoms with van der Waals surface area (Å²) in [5, 5.41) is 0. The van der Waals surface area contributed by atoms with Crippen molar-refractivity contribution in [1.82, 2.24) is 4.98 Å². The van der Waals surface area contributed by atoms with E-state index in [1.807, 2.05) is 24.0 Å². The van der Waals surface area contributed by atoms with Crippen molar-refractivity contribution in [2.75, 3.05) is 36.0 Å². The Morgan fingerprint density at radius 2 is 1.69 bits per heavy atom. The Morgan fingerprint density at radius 3 is 2.27 bits per heavy atom. The summed E-state index contributed by atoms with van der Waals surface area (Å²) in [6, 6.07) is 10.9. The quantitative estimate of drug-likeness (QED) is 0.904. The van der Waals surface area contributed by atoms with E-state index >= 15 is 0 Å². The average molecular weight is 364 g/mol. The lowest BCUT2D eigenvalue weighted by Gasteiger charge is -2.37. The van der Waals surface area contributed by atoms with Gasteiger partial charge in [-0.05, 0) is 37.1 Å². The minimum atomic E-state index is -4.35. The number of alkyl halides is 3. The number of pyridine rings is 1. The van der Waals surface area contributed by atoms with E-state index in [2.05, 4.69) is 22.0 Å². The molecule has 2 aromatic rings. The third kappa shape index (κ3) is 4.27. The fourth-order valence-corrected chi connectivity index (χ4v) is 3.26. The predicted molar refractivity (Wildman–Crippen MR) is 97.5 cm³/mol. The monoisotopic (exact) mass is 364 g/mol. The van der Waals surface area contributed by atoms with E-state index in [9.17, 15) is 13.2 Å². The largest absolute Gasteiger partial charge is 0.417 e. The predicted octanol–water partition coefficient (Wildman–Crippen LogP) is 3.32. The molecule has 1 aromatic heterocycles. The number of anilines is 2. The highest BCUT2D eigenvalue weighted by Gasteiger charge is 2.31. The van der Waals surface area contributed by atoms with Crippen LogP contribution in [0.2, 0.25) is 0 Å².